The maximum absolute atomic E-state index is 12.0. The average Bonchev–Trinajstić information content (AvgIpc) is 2.85. The van der Waals surface area contributed by atoms with Gasteiger partial charge in [-0.1, -0.05) is 39.0 Å². The lowest BCUT2D eigenvalue weighted by molar-refractivity contribution is -0.134. The van der Waals surface area contributed by atoms with E-state index in [-0.39, 0.29) is 23.7 Å². The highest BCUT2D eigenvalue weighted by atomic mass is 16.2. The van der Waals surface area contributed by atoms with Crippen molar-refractivity contribution < 1.29 is 9.59 Å². The zero-order valence-electron chi connectivity index (χ0n) is 11.6. The monoisotopic (exact) mass is 254 g/mol. The summed E-state index contributed by atoms with van der Waals surface area (Å²) in [4.78, 5) is 23.6. The van der Waals surface area contributed by atoms with E-state index in [9.17, 15) is 9.59 Å². The molecule has 1 saturated carbocycles. The molecule has 0 spiro atoms. The number of carbonyl (C=O) groups excluding carboxylic acids is 2. The van der Waals surface area contributed by atoms with Gasteiger partial charge in [0.15, 0.2) is 0 Å². The van der Waals surface area contributed by atoms with E-state index in [0.29, 0.717) is 12.3 Å². The zero-order chi connectivity index (χ0) is 13.5. The molecule has 0 radical (unpaired) electrons. The molecule has 1 aliphatic rings. The molecular weight excluding hydrogens is 228 g/mol. The van der Waals surface area contributed by atoms with Crippen LogP contribution in [0.5, 0.6) is 0 Å². The quantitative estimate of drug-likeness (QED) is 0.727. The SMILES string of the molecule is CCCC(C(N)=O)C(CC1CCCC1)C(=O)NC. The van der Waals surface area contributed by atoms with Gasteiger partial charge in [0, 0.05) is 18.9 Å². The Bertz CT molecular complexity index is 286. The van der Waals surface area contributed by atoms with Gasteiger partial charge < -0.3 is 11.1 Å². The standard InChI is InChI=1S/C14H26N2O2/c1-3-6-11(13(15)17)12(14(18)16-2)9-10-7-4-5-8-10/h10-12H,3-9H2,1-2H3,(H2,15,17)(H,16,18). The first-order chi connectivity index (χ1) is 8.60. The number of nitrogens with two attached hydrogens (primary N) is 1. The van der Waals surface area contributed by atoms with Crippen LogP contribution < -0.4 is 11.1 Å². The van der Waals surface area contributed by atoms with Crippen molar-refractivity contribution >= 4 is 11.8 Å². The summed E-state index contributed by atoms with van der Waals surface area (Å²) in [5.74, 6) is -0.320. The first-order valence-electron chi connectivity index (χ1n) is 7.11. The first-order valence-corrected chi connectivity index (χ1v) is 7.11. The summed E-state index contributed by atoms with van der Waals surface area (Å²) in [7, 11) is 1.63. The minimum atomic E-state index is -0.330. The molecule has 0 aromatic rings. The third kappa shape index (κ3) is 4.00. The van der Waals surface area contributed by atoms with Crippen molar-refractivity contribution in [2.24, 2.45) is 23.5 Å². The van der Waals surface area contributed by atoms with Crippen LogP contribution in [0.15, 0.2) is 0 Å². The van der Waals surface area contributed by atoms with Gasteiger partial charge in [-0.25, -0.2) is 0 Å². The van der Waals surface area contributed by atoms with Gasteiger partial charge in [-0.3, -0.25) is 9.59 Å². The van der Waals surface area contributed by atoms with Crippen molar-refractivity contribution in [3.05, 3.63) is 0 Å². The third-order valence-electron chi connectivity index (χ3n) is 4.10. The second kappa shape index (κ2) is 7.39. The summed E-state index contributed by atoms with van der Waals surface area (Å²) >= 11 is 0. The number of nitrogens with one attached hydrogen (secondary N) is 1. The molecule has 0 heterocycles. The summed E-state index contributed by atoms with van der Waals surface area (Å²) in [6.45, 7) is 2.02. The van der Waals surface area contributed by atoms with Gasteiger partial charge in [-0.15, -0.1) is 0 Å². The fraction of sp³-hybridized carbons (Fsp3) is 0.857. The van der Waals surface area contributed by atoms with Crippen LogP contribution in [0.3, 0.4) is 0 Å². The Hall–Kier alpha value is -1.06. The van der Waals surface area contributed by atoms with Crippen LogP contribution in [0.25, 0.3) is 0 Å². The van der Waals surface area contributed by atoms with Crippen molar-refractivity contribution in [3.63, 3.8) is 0 Å². The predicted octanol–water partition coefficient (Wildman–Crippen LogP) is 1.83. The molecule has 4 heteroatoms. The fourth-order valence-corrected chi connectivity index (χ4v) is 3.10. The number of carbonyl (C=O) groups is 2. The summed E-state index contributed by atoms with van der Waals surface area (Å²) < 4.78 is 0. The summed E-state index contributed by atoms with van der Waals surface area (Å²) in [6.07, 6.45) is 7.27. The topological polar surface area (TPSA) is 72.2 Å². The highest BCUT2D eigenvalue weighted by molar-refractivity contribution is 5.86. The molecule has 1 fully saturated rings. The summed E-state index contributed by atoms with van der Waals surface area (Å²) in [5, 5.41) is 2.69. The molecule has 1 aliphatic carbocycles. The van der Waals surface area contributed by atoms with Crippen LogP contribution >= 0.6 is 0 Å². The molecule has 0 aromatic heterocycles. The molecule has 0 bridgehead atoms. The van der Waals surface area contributed by atoms with E-state index in [4.69, 9.17) is 5.73 Å². The number of amides is 2. The van der Waals surface area contributed by atoms with Gasteiger partial charge in [0.1, 0.15) is 0 Å². The molecule has 3 N–H and O–H groups in total. The van der Waals surface area contributed by atoms with E-state index in [1.54, 1.807) is 7.05 Å². The van der Waals surface area contributed by atoms with Gasteiger partial charge in [0.2, 0.25) is 11.8 Å². The number of primary amides is 1. The molecule has 1 rings (SSSR count). The number of hydrogen-bond donors (Lipinski definition) is 2. The lowest BCUT2D eigenvalue weighted by Gasteiger charge is -2.25. The van der Waals surface area contributed by atoms with Crippen molar-refractivity contribution in [1.82, 2.24) is 5.32 Å². The van der Waals surface area contributed by atoms with E-state index in [2.05, 4.69) is 5.32 Å². The average molecular weight is 254 g/mol. The van der Waals surface area contributed by atoms with Gasteiger partial charge in [-0.2, -0.15) is 0 Å². The zero-order valence-corrected chi connectivity index (χ0v) is 11.6. The first kappa shape index (κ1) is 15.0. The Balaban J connectivity index is 2.73. The van der Waals surface area contributed by atoms with Crippen LogP contribution in [-0.4, -0.2) is 18.9 Å². The Morgan fingerprint density at radius 1 is 1.28 bits per heavy atom. The normalized spacial score (nSPS) is 19.4. The predicted molar refractivity (Wildman–Crippen MR) is 71.7 cm³/mol. The van der Waals surface area contributed by atoms with Gasteiger partial charge in [0.05, 0.1) is 0 Å². The van der Waals surface area contributed by atoms with Gasteiger partial charge in [-0.05, 0) is 18.8 Å². The van der Waals surface area contributed by atoms with E-state index < -0.39 is 0 Å². The molecule has 0 aliphatic heterocycles. The molecular formula is C14H26N2O2. The van der Waals surface area contributed by atoms with Crippen LogP contribution in [0.2, 0.25) is 0 Å². The van der Waals surface area contributed by atoms with E-state index >= 15 is 0 Å². The van der Waals surface area contributed by atoms with Crippen molar-refractivity contribution in [1.29, 1.82) is 0 Å². The molecule has 0 aromatic carbocycles. The third-order valence-corrected chi connectivity index (χ3v) is 4.10. The molecule has 18 heavy (non-hydrogen) atoms. The van der Waals surface area contributed by atoms with Gasteiger partial charge in [0.25, 0.3) is 0 Å². The number of hydrogen-bond acceptors (Lipinski definition) is 2. The molecule has 0 saturated heterocycles. The molecule has 104 valence electrons. The Morgan fingerprint density at radius 2 is 1.89 bits per heavy atom. The van der Waals surface area contributed by atoms with E-state index in [1.807, 2.05) is 6.92 Å². The lowest BCUT2D eigenvalue weighted by Crippen LogP contribution is -2.40. The van der Waals surface area contributed by atoms with Crippen LogP contribution in [0.1, 0.15) is 51.9 Å². The highest BCUT2D eigenvalue weighted by Gasteiger charge is 2.33. The second-order valence-electron chi connectivity index (χ2n) is 5.40. The maximum atomic E-state index is 12.0. The fourth-order valence-electron chi connectivity index (χ4n) is 3.10. The largest absolute Gasteiger partial charge is 0.369 e. The van der Waals surface area contributed by atoms with E-state index in [1.165, 1.54) is 25.7 Å². The second-order valence-corrected chi connectivity index (χ2v) is 5.40. The van der Waals surface area contributed by atoms with Crippen LogP contribution in [0.4, 0.5) is 0 Å². The van der Waals surface area contributed by atoms with E-state index in [0.717, 1.165) is 12.8 Å². The Kier molecular flexibility index (Phi) is 6.16. The molecule has 2 atom stereocenters. The number of rotatable bonds is 7. The molecule has 2 amide bonds. The van der Waals surface area contributed by atoms with Crippen LogP contribution in [-0.2, 0) is 9.59 Å². The Labute approximate surface area is 110 Å². The van der Waals surface area contributed by atoms with Gasteiger partial charge >= 0.3 is 0 Å². The van der Waals surface area contributed by atoms with Crippen LogP contribution in [0, 0.1) is 17.8 Å². The highest BCUT2D eigenvalue weighted by Crippen LogP contribution is 2.34. The smallest absolute Gasteiger partial charge is 0.223 e. The van der Waals surface area contributed by atoms with Crippen molar-refractivity contribution in [2.75, 3.05) is 7.05 Å². The van der Waals surface area contributed by atoms with Crippen molar-refractivity contribution in [2.45, 2.75) is 51.9 Å². The lowest BCUT2D eigenvalue weighted by atomic mass is 9.80. The molecule has 2 unspecified atom stereocenters. The summed E-state index contributed by atoms with van der Waals surface area (Å²) in [5.41, 5.74) is 5.47. The minimum Gasteiger partial charge on any atom is -0.369 e. The minimum absolute atomic E-state index is 0.0286. The van der Waals surface area contributed by atoms with Crippen molar-refractivity contribution in [3.8, 4) is 0 Å². The molecule has 4 nitrogen and oxygen atoms in total. The Morgan fingerprint density at radius 3 is 2.33 bits per heavy atom. The summed E-state index contributed by atoms with van der Waals surface area (Å²) in [6, 6.07) is 0. The maximum Gasteiger partial charge on any atom is 0.223 e.